The fraction of sp³-hybridized carbons (Fsp3) is 0.786. The second kappa shape index (κ2) is 9.95. The minimum atomic E-state index is -0.261. The van der Waals surface area contributed by atoms with E-state index in [-0.39, 0.29) is 25.0 Å². The van der Waals surface area contributed by atoms with Gasteiger partial charge in [-0.3, -0.25) is 4.79 Å². The van der Waals surface area contributed by atoms with Crippen molar-refractivity contribution in [1.29, 1.82) is 0 Å². The first kappa shape index (κ1) is 16.1. The molecule has 0 spiro atoms. The molecular formula is C14H24O5. The van der Waals surface area contributed by atoms with Crippen LogP contribution in [0, 0.1) is 0 Å². The van der Waals surface area contributed by atoms with Crippen molar-refractivity contribution in [3.63, 3.8) is 0 Å². The average Bonchev–Trinajstić information content (AvgIpc) is 2.35. The first-order chi connectivity index (χ1) is 9.24. The summed E-state index contributed by atoms with van der Waals surface area (Å²) in [5.41, 5.74) is 0. The Morgan fingerprint density at radius 1 is 1.16 bits per heavy atom. The number of carbonyl (C=O) groups excluding carboxylic acids is 1. The van der Waals surface area contributed by atoms with Gasteiger partial charge in [-0.15, -0.1) is 0 Å². The number of rotatable bonds is 7. The van der Waals surface area contributed by atoms with Crippen LogP contribution >= 0.6 is 0 Å². The first-order valence-electron chi connectivity index (χ1n) is 6.74. The van der Waals surface area contributed by atoms with Gasteiger partial charge >= 0.3 is 5.97 Å². The largest absolute Gasteiger partial charge is 0.460 e. The highest BCUT2D eigenvalue weighted by molar-refractivity contribution is 5.66. The molecule has 0 unspecified atom stereocenters. The van der Waals surface area contributed by atoms with Gasteiger partial charge in [0.25, 0.3) is 0 Å². The standard InChI is InChI=1S/C14H24O5/c1-12(15)19-14-8-6-4-3-5-7-13(14)18-11-17-10-9-16-2/h3-4,13-14H,5-11H2,1-2H3/b4-3-/t13-,14-/m0/s1. The van der Waals surface area contributed by atoms with Crippen LogP contribution in [-0.2, 0) is 23.7 Å². The van der Waals surface area contributed by atoms with Gasteiger partial charge in [-0.1, -0.05) is 12.2 Å². The quantitative estimate of drug-likeness (QED) is 0.307. The Hall–Kier alpha value is -0.910. The molecule has 1 aliphatic carbocycles. The van der Waals surface area contributed by atoms with E-state index in [4.69, 9.17) is 18.9 Å². The Morgan fingerprint density at radius 3 is 2.47 bits per heavy atom. The van der Waals surface area contributed by atoms with E-state index in [1.807, 2.05) is 0 Å². The van der Waals surface area contributed by atoms with Gasteiger partial charge in [0, 0.05) is 14.0 Å². The average molecular weight is 272 g/mol. The minimum Gasteiger partial charge on any atom is -0.460 e. The summed E-state index contributed by atoms with van der Waals surface area (Å²) >= 11 is 0. The Bertz CT molecular complexity index is 277. The van der Waals surface area contributed by atoms with Crippen molar-refractivity contribution in [3.05, 3.63) is 12.2 Å². The number of methoxy groups -OCH3 is 1. The number of allylic oxidation sites excluding steroid dienone is 2. The molecule has 0 heterocycles. The van der Waals surface area contributed by atoms with E-state index in [1.54, 1.807) is 7.11 Å². The lowest BCUT2D eigenvalue weighted by atomic mass is 10.00. The van der Waals surface area contributed by atoms with E-state index < -0.39 is 0 Å². The molecule has 0 amide bonds. The highest BCUT2D eigenvalue weighted by atomic mass is 16.7. The molecule has 0 aliphatic heterocycles. The highest BCUT2D eigenvalue weighted by Crippen LogP contribution is 2.19. The molecule has 19 heavy (non-hydrogen) atoms. The van der Waals surface area contributed by atoms with Crippen molar-refractivity contribution in [2.24, 2.45) is 0 Å². The Balaban J connectivity index is 2.38. The van der Waals surface area contributed by atoms with E-state index in [9.17, 15) is 4.79 Å². The summed E-state index contributed by atoms with van der Waals surface area (Å²) < 4.78 is 21.2. The minimum absolute atomic E-state index is 0.101. The molecular weight excluding hydrogens is 248 g/mol. The molecule has 5 nitrogen and oxygen atoms in total. The van der Waals surface area contributed by atoms with Gasteiger partial charge in [0.15, 0.2) is 0 Å². The molecule has 110 valence electrons. The van der Waals surface area contributed by atoms with Gasteiger partial charge in [-0.2, -0.15) is 0 Å². The maximum atomic E-state index is 11.1. The van der Waals surface area contributed by atoms with Crippen LogP contribution in [0.1, 0.15) is 32.6 Å². The molecule has 0 aromatic heterocycles. The zero-order chi connectivity index (χ0) is 13.9. The van der Waals surface area contributed by atoms with Crippen LogP contribution in [0.4, 0.5) is 0 Å². The molecule has 0 saturated carbocycles. The molecule has 0 fully saturated rings. The van der Waals surface area contributed by atoms with Crippen LogP contribution in [0.3, 0.4) is 0 Å². The maximum Gasteiger partial charge on any atom is 0.302 e. The van der Waals surface area contributed by atoms with Crippen molar-refractivity contribution in [2.75, 3.05) is 27.1 Å². The summed E-state index contributed by atoms with van der Waals surface area (Å²) in [7, 11) is 1.63. The zero-order valence-electron chi connectivity index (χ0n) is 11.8. The summed E-state index contributed by atoms with van der Waals surface area (Å²) in [6.07, 6.45) is 7.45. The molecule has 5 heteroatoms. The Labute approximate surface area is 114 Å². The van der Waals surface area contributed by atoms with E-state index >= 15 is 0 Å². The van der Waals surface area contributed by atoms with Crippen molar-refractivity contribution in [1.82, 2.24) is 0 Å². The molecule has 0 radical (unpaired) electrons. The van der Waals surface area contributed by atoms with E-state index in [2.05, 4.69) is 12.2 Å². The van der Waals surface area contributed by atoms with Gasteiger partial charge in [0.05, 0.1) is 19.3 Å². The lowest BCUT2D eigenvalue weighted by Crippen LogP contribution is -2.34. The molecule has 0 bridgehead atoms. The number of ether oxygens (including phenoxy) is 4. The summed E-state index contributed by atoms with van der Waals surface area (Å²) in [5.74, 6) is -0.261. The maximum absolute atomic E-state index is 11.1. The zero-order valence-corrected chi connectivity index (χ0v) is 11.8. The number of hydrogen-bond acceptors (Lipinski definition) is 5. The van der Waals surface area contributed by atoms with Crippen LogP contribution in [0.2, 0.25) is 0 Å². The van der Waals surface area contributed by atoms with E-state index in [0.717, 1.165) is 25.7 Å². The number of carbonyl (C=O) groups is 1. The van der Waals surface area contributed by atoms with Crippen molar-refractivity contribution >= 4 is 5.97 Å². The van der Waals surface area contributed by atoms with Gasteiger partial charge in [0.2, 0.25) is 0 Å². The fourth-order valence-electron chi connectivity index (χ4n) is 2.00. The van der Waals surface area contributed by atoms with Crippen molar-refractivity contribution < 1.29 is 23.7 Å². The molecule has 0 N–H and O–H groups in total. The monoisotopic (exact) mass is 272 g/mol. The lowest BCUT2D eigenvalue weighted by molar-refractivity contribution is -0.168. The smallest absolute Gasteiger partial charge is 0.302 e. The van der Waals surface area contributed by atoms with E-state index in [0.29, 0.717) is 13.2 Å². The first-order valence-corrected chi connectivity index (χ1v) is 6.74. The second-order valence-electron chi connectivity index (χ2n) is 4.50. The van der Waals surface area contributed by atoms with Gasteiger partial charge < -0.3 is 18.9 Å². The van der Waals surface area contributed by atoms with Gasteiger partial charge in [0.1, 0.15) is 12.9 Å². The predicted molar refractivity (Wildman–Crippen MR) is 70.7 cm³/mol. The Morgan fingerprint density at radius 2 is 1.84 bits per heavy atom. The molecule has 1 rings (SSSR count). The molecule has 0 saturated heterocycles. The van der Waals surface area contributed by atoms with Crippen molar-refractivity contribution in [2.45, 2.75) is 44.8 Å². The van der Waals surface area contributed by atoms with Crippen LogP contribution in [0.25, 0.3) is 0 Å². The number of hydrogen-bond donors (Lipinski definition) is 0. The SMILES string of the molecule is COCCOCO[C@H]1CC/C=C\CC[C@@H]1OC(C)=O. The van der Waals surface area contributed by atoms with Crippen LogP contribution < -0.4 is 0 Å². The van der Waals surface area contributed by atoms with Gasteiger partial charge in [-0.05, 0) is 25.7 Å². The van der Waals surface area contributed by atoms with Crippen LogP contribution in [-0.4, -0.2) is 45.3 Å². The second-order valence-corrected chi connectivity index (χ2v) is 4.50. The predicted octanol–water partition coefficient (Wildman–Crippen LogP) is 2.05. The summed E-state index contributed by atoms with van der Waals surface area (Å²) in [6, 6.07) is 0. The van der Waals surface area contributed by atoms with Crippen LogP contribution in [0.5, 0.6) is 0 Å². The summed E-state index contributed by atoms with van der Waals surface area (Å²) in [4.78, 5) is 11.1. The summed E-state index contributed by atoms with van der Waals surface area (Å²) in [5, 5.41) is 0. The molecule has 2 atom stereocenters. The van der Waals surface area contributed by atoms with Crippen LogP contribution in [0.15, 0.2) is 12.2 Å². The third-order valence-corrected chi connectivity index (χ3v) is 2.93. The highest BCUT2D eigenvalue weighted by Gasteiger charge is 2.25. The fourth-order valence-corrected chi connectivity index (χ4v) is 2.00. The number of esters is 1. The third-order valence-electron chi connectivity index (χ3n) is 2.93. The lowest BCUT2D eigenvalue weighted by Gasteiger charge is -2.27. The normalized spacial score (nSPS) is 25.4. The molecule has 0 aromatic carbocycles. The van der Waals surface area contributed by atoms with E-state index in [1.165, 1.54) is 6.92 Å². The summed E-state index contributed by atoms with van der Waals surface area (Å²) in [6.45, 7) is 2.68. The van der Waals surface area contributed by atoms with Crippen molar-refractivity contribution in [3.8, 4) is 0 Å². The van der Waals surface area contributed by atoms with Gasteiger partial charge in [-0.25, -0.2) is 0 Å². The topological polar surface area (TPSA) is 54.0 Å². The third kappa shape index (κ3) is 7.30. The Kier molecular flexibility index (Phi) is 8.45. The molecule has 0 aromatic rings. The molecule has 1 aliphatic rings.